The molecule has 0 unspecified atom stereocenters. The molecule has 0 saturated heterocycles. The quantitative estimate of drug-likeness (QED) is 0.342. The van der Waals surface area contributed by atoms with Crippen LogP contribution < -0.4 is 14.8 Å². The van der Waals surface area contributed by atoms with E-state index in [0.29, 0.717) is 35.1 Å². The first-order chi connectivity index (χ1) is 17.2. The second-order valence-corrected chi connectivity index (χ2v) is 7.78. The van der Waals surface area contributed by atoms with Crippen LogP contribution in [0.2, 0.25) is 0 Å². The molecule has 3 heterocycles. The lowest BCUT2D eigenvalue weighted by molar-refractivity contribution is 0.102. The summed E-state index contributed by atoms with van der Waals surface area (Å²) in [7, 11) is 1.58. The van der Waals surface area contributed by atoms with Gasteiger partial charge in [-0.15, -0.1) is 0 Å². The van der Waals surface area contributed by atoms with Crippen molar-refractivity contribution in [1.29, 1.82) is 0 Å². The van der Waals surface area contributed by atoms with Gasteiger partial charge in [0.1, 0.15) is 6.61 Å². The van der Waals surface area contributed by atoms with Gasteiger partial charge in [0.05, 0.1) is 23.9 Å². The number of nitrogens with zero attached hydrogens (tertiary/aromatic N) is 3. The minimum atomic E-state index is -0.248. The summed E-state index contributed by atoms with van der Waals surface area (Å²) in [4.78, 5) is 26.3. The van der Waals surface area contributed by atoms with Gasteiger partial charge >= 0.3 is 0 Å². The molecule has 0 aliphatic rings. The third kappa shape index (κ3) is 4.94. The predicted octanol–water partition coefficient (Wildman–Crippen LogP) is 5.53. The number of anilines is 1. The fourth-order valence-corrected chi connectivity index (χ4v) is 3.74. The summed E-state index contributed by atoms with van der Waals surface area (Å²) in [6, 6.07) is 22.2. The highest BCUT2D eigenvalue weighted by atomic mass is 16.5. The molecule has 0 fully saturated rings. The second kappa shape index (κ2) is 10.0. The molecule has 172 valence electrons. The summed E-state index contributed by atoms with van der Waals surface area (Å²) in [5.41, 5.74) is 4.36. The highest BCUT2D eigenvalue weighted by Gasteiger charge is 2.15. The number of ether oxygens (including phenoxy) is 2. The molecule has 2 aromatic carbocycles. The van der Waals surface area contributed by atoms with Crippen LogP contribution in [0, 0.1) is 0 Å². The van der Waals surface area contributed by atoms with Crippen LogP contribution in [0.15, 0.2) is 97.6 Å². The van der Waals surface area contributed by atoms with E-state index in [1.807, 2.05) is 48.5 Å². The van der Waals surface area contributed by atoms with Crippen molar-refractivity contribution in [3.05, 3.63) is 109 Å². The van der Waals surface area contributed by atoms with Crippen molar-refractivity contribution < 1.29 is 14.3 Å². The first-order valence-corrected chi connectivity index (χ1v) is 11.0. The van der Waals surface area contributed by atoms with Crippen molar-refractivity contribution >= 4 is 22.5 Å². The zero-order valence-electron chi connectivity index (χ0n) is 19.0. The fraction of sp³-hybridized carbons (Fsp3) is 0.0714. The van der Waals surface area contributed by atoms with E-state index < -0.39 is 0 Å². The molecule has 35 heavy (non-hydrogen) atoms. The fourth-order valence-electron chi connectivity index (χ4n) is 3.74. The Bertz CT molecular complexity index is 1470. The standard InChI is InChI=1S/C28H22N4O3/c1-34-26-9-8-21(15-27(26)35-18-19-5-4-12-30-17-19)31-28(33)23-16-25(20-10-13-29-14-11-20)32-24-7-3-2-6-22(23)24/h2-17H,18H2,1H3,(H,31,33). The van der Waals surface area contributed by atoms with Crippen LogP contribution >= 0.6 is 0 Å². The van der Waals surface area contributed by atoms with Gasteiger partial charge < -0.3 is 14.8 Å². The van der Waals surface area contributed by atoms with E-state index >= 15 is 0 Å². The molecule has 7 nitrogen and oxygen atoms in total. The SMILES string of the molecule is COc1ccc(NC(=O)c2cc(-c3ccncc3)nc3ccccc23)cc1OCc1cccnc1. The number of hydrogen-bond acceptors (Lipinski definition) is 6. The van der Waals surface area contributed by atoms with Crippen LogP contribution in [-0.2, 0) is 6.61 Å². The van der Waals surface area contributed by atoms with E-state index in [0.717, 1.165) is 22.0 Å². The third-order valence-electron chi connectivity index (χ3n) is 5.48. The first kappa shape index (κ1) is 22.0. The Kier molecular flexibility index (Phi) is 6.30. The highest BCUT2D eigenvalue weighted by Crippen LogP contribution is 2.32. The van der Waals surface area contributed by atoms with Crippen molar-refractivity contribution in [2.24, 2.45) is 0 Å². The molecule has 0 atom stereocenters. The minimum Gasteiger partial charge on any atom is -0.493 e. The molecular weight excluding hydrogens is 440 g/mol. The lowest BCUT2D eigenvalue weighted by Crippen LogP contribution is -2.13. The van der Waals surface area contributed by atoms with Crippen molar-refractivity contribution in [3.8, 4) is 22.8 Å². The summed E-state index contributed by atoms with van der Waals surface area (Å²) in [6.45, 7) is 0.325. The van der Waals surface area contributed by atoms with E-state index in [9.17, 15) is 4.79 Å². The van der Waals surface area contributed by atoms with E-state index in [2.05, 4.69) is 15.3 Å². The number of para-hydroxylation sites is 1. The van der Waals surface area contributed by atoms with Gasteiger partial charge in [0.2, 0.25) is 0 Å². The number of benzene rings is 2. The number of carbonyl (C=O) groups excluding carboxylic acids is 1. The van der Waals surface area contributed by atoms with Crippen LogP contribution in [0.5, 0.6) is 11.5 Å². The third-order valence-corrected chi connectivity index (χ3v) is 5.48. The van der Waals surface area contributed by atoms with Gasteiger partial charge in [0.15, 0.2) is 11.5 Å². The number of carbonyl (C=O) groups is 1. The maximum atomic E-state index is 13.4. The van der Waals surface area contributed by atoms with Gasteiger partial charge in [-0.05, 0) is 42.5 Å². The first-order valence-electron chi connectivity index (χ1n) is 11.0. The Morgan fingerprint density at radius 1 is 0.886 bits per heavy atom. The molecule has 1 N–H and O–H groups in total. The van der Waals surface area contributed by atoms with Gasteiger partial charge in [0.25, 0.3) is 5.91 Å². The normalized spacial score (nSPS) is 10.7. The van der Waals surface area contributed by atoms with Gasteiger partial charge in [-0.25, -0.2) is 4.98 Å². The van der Waals surface area contributed by atoms with E-state index in [1.165, 1.54) is 0 Å². The van der Waals surface area contributed by atoms with Crippen LogP contribution in [-0.4, -0.2) is 28.0 Å². The Morgan fingerprint density at radius 2 is 1.74 bits per heavy atom. The average Bonchev–Trinajstić information content (AvgIpc) is 2.92. The van der Waals surface area contributed by atoms with Crippen LogP contribution in [0.1, 0.15) is 15.9 Å². The smallest absolute Gasteiger partial charge is 0.256 e. The molecule has 5 rings (SSSR count). The van der Waals surface area contributed by atoms with Crippen molar-refractivity contribution in [2.75, 3.05) is 12.4 Å². The van der Waals surface area contributed by atoms with Gasteiger partial charge in [0, 0.05) is 53.1 Å². The number of aromatic nitrogens is 3. The predicted molar refractivity (Wildman–Crippen MR) is 134 cm³/mol. The van der Waals surface area contributed by atoms with Gasteiger partial charge in [-0.3, -0.25) is 14.8 Å². The van der Waals surface area contributed by atoms with Crippen molar-refractivity contribution in [2.45, 2.75) is 6.61 Å². The Hall–Kier alpha value is -4.78. The summed E-state index contributed by atoms with van der Waals surface area (Å²) >= 11 is 0. The Morgan fingerprint density at radius 3 is 2.54 bits per heavy atom. The van der Waals surface area contributed by atoms with Gasteiger partial charge in [-0.2, -0.15) is 0 Å². The number of pyridine rings is 3. The van der Waals surface area contributed by atoms with Crippen molar-refractivity contribution in [3.63, 3.8) is 0 Å². The highest BCUT2D eigenvalue weighted by molar-refractivity contribution is 6.13. The number of fused-ring (bicyclic) bond motifs is 1. The molecular formula is C28H22N4O3. The Labute approximate surface area is 202 Å². The summed E-state index contributed by atoms with van der Waals surface area (Å²) in [6.07, 6.45) is 6.86. The number of amides is 1. The molecule has 0 bridgehead atoms. The van der Waals surface area contributed by atoms with E-state index in [1.54, 1.807) is 56.2 Å². The zero-order chi connectivity index (χ0) is 24.0. The maximum Gasteiger partial charge on any atom is 0.256 e. The molecule has 0 spiro atoms. The molecule has 0 aliphatic heterocycles. The van der Waals surface area contributed by atoms with Crippen LogP contribution in [0.3, 0.4) is 0 Å². The number of methoxy groups -OCH3 is 1. The molecule has 0 radical (unpaired) electrons. The molecule has 1 amide bonds. The van der Waals surface area contributed by atoms with E-state index in [4.69, 9.17) is 14.5 Å². The van der Waals surface area contributed by atoms with E-state index in [-0.39, 0.29) is 5.91 Å². The maximum absolute atomic E-state index is 13.4. The number of nitrogens with one attached hydrogen (secondary N) is 1. The average molecular weight is 463 g/mol. The van der Waals surface area contributed by atoms with Crippen molar-refractivity contribution in [1.82, 2.24) is 15.0 Å². The van der Waals surface area contributed by atoms with Crippen LogP contribution in [0.25, 0.3) is 22.2 Å². The lowest BCUT2D eigenvalue weighted by Gasteiger charge is -2.14. The molecule has 7 heteroatoms. The lowest BCUT2D eigenvalue weighted by atomic mass is 10.0. The molecule has 0 aliphatic carbocycles. The minimum absolute atomic E-state index is 0.248. The summed E-state index contributed by atoms with van der Waals surface area (Å²) in [5, 5.41) is 3.76. The largest absolute Gasteiger partial charge is 0.493 e. The number of hydrogen-bond donors (Lipinski definition) is 1. The summed E-state index contributed by atoms with van der Waals surface area (Å²) < 4.78 is 11.4. The van der Waals surface area contributed by atoms with Crippen LogP contribution in [0.4, 0.5) is 5.69 Å². The van der Waals surface area contributed by atoms with Gasteiger partial charge in [-0.1, -0.05) is 24.3 Å². The monoisotopic (exact) mass is 462 g/mol. The Balaban J connectivity index is 1.45. The summed E-state index contributed by atoms with van der Waals surface area (Å²) in [5.74, 6) is 0.842. The zero-order valence-corrected chi connectivity index (χ0v) is 19.0. The molecule has 3 aromatic heterocycles. The second-order valence-electron chi connectivity index (χ2n) is 7.78. The topological polar surface area (TPSA) is 86.2 Å². The number of rotatable bonds is 7. The molecule has 0 saturated carbocycles. The molecule has 5 aromatic rings.